The Kier molecular flexibility index (Phi) is 5.99. The molecule has 4 nitrogen and oxygen atoms in total. The van der Waals surface area contributed by atoms with E-state index in [1.165, 1.54) is 17.7 Å². The number of anilines is 1. The van der Waals surface area contributed by atoms with Crippen LogP contribution in [0.5, 0.6) is 5.75 Å². The van der Waals surface area contributed by atoms with Crippen molar-refractivity contribution in [1.82, 2.24) is 4.90 Å². The van der Waals surface area contributed by atoms with Gasteiger partial charge in [-0.1, -0.05) is 30.3 Å². The van der Waals surface area contributed by atoms with Crippen LogP contribution in [0.1, 0.15) is 12.0 Å². The van der Waals surface area contributed by atoms with E-state index in [9.17, 15) is 18.0 Å². The van der Waals surface area contributed by atoms with Crippen molar-refractivity contribution in [1.29, 1.82) is 0 Å². The summed E-state index contributed by atoms with van der Waals surface area (Å²) in [5, 5.41) is 0. The zero-order valence-electron chi connectivity index (χ0n) is 16.6. The first-order valence-corrected chi connectivity index (χ1v) is 10.2. The SMILES string of the molecule is O=CC1C2CN(Cc3ccccc3)CC2CCN1c1ccc(OCC(F)(F)F)cc1. The van der Waals surface area contributed by atoms with Gasteiger partial charge in [-0.15, -0.1) is 0 Å². The van der Waals surface area contributed by atoms with Crippen molar-refractivity contribution in [2.75, 3.05) is 31.1 Å². The smallest absolute Gasteiger partial charge is 0.422 e. The predicted molar refractivity (Wildman–Crippen MR) is 109 cm³/mol. The highest BCUT2D eigenvalue weighted by molar-refractivity contribution is 5.68. The number of carbonyl (C=O) groups is 1. The van der Waals surface area contributed by atoms with Gasteiger partial charge in [0.1, 0.15) is 12.0 Å². The van der Waals surface area contributed by atoms with Crippen molar-refractivity contribution in [3.8, 4) is 5.75 Å². The van der Waals surface area contributed by atoms with Gasteiger partial charge in [0.15, 0.2) is 6.61 Å². The number of likely N-dealkylation sites (tertiary alicyclic amines) is 1. The maximum absolute atomic E-state index is 12.3. The van der Waals surface area contributed by atoms with Crippen LogP contribution >= 0.6 is 0 Å². The number of hydrogen-bond donors (Lipinski definition) is 0. The van der Waals surface area contributed by atoms with Gasteiger partial charge in [-0.3, -0.25) is 4.90 Å². The van der Waals surface area contributed by atoms with Crippen LogP contribution in [0.4, 0.5) is 18.9 Å². The number of ether oxygens (including phenoxy) is 1. The summed E-state index contributed by atoms with van der Waals surface area (Å²) in [6.45, 7) is 2.18. The molecule has 2 aromatic carbocycles. The highest BCUT2D eigenvalue weighted by Crippen LogP contribution is 2.38. The molecule has 2 fully saturated rings. The Labute approximate surface area is 174 Å². The van der Waals surface area contributed by atoms with Gasteiger partial charge >= 0.3 is 6.18 Å². The standard InChI is InChI=1S/C23H25F3N2O2/c24-23(25,26)16-30-20-8-6-19(7-9-20)28-11-10-18-13-27(14-21(18)22(28)15-29)12-17-4-2-1-3-5-17/h1-9,15,18,21-22H,10-14,16H2. The van der Waals surface area contributed by atoms with Crippen LogP contribution in [-0.4, -0.2) is 49.6 Å². The number of alkyl halides is 3. The number of halogens is 3. The molecule has 0 saturated carbocycles. The van der Waals surface area contributed by atoms with Crippen LogP contribution in [0.3, 0.4) is 0 Å². The monoisotopic (exact) mass is 418 g/mol. The molecule has 3 atom stereocenters. The summed E-state index contributed by atoms with van der Waals surface area (Å²) in [7, 11) is 0. The third-order valence-electron chi connectivity index (χ3n) is 6.07. The van der Waals surface area contributed by atoms with E-state index >= 15 is 0 Å². The highest BCUT2D eigenvalue weighted by atomic mass is 19.4. The molecule has 30 heavy (non-hydrogen) atoms. The van der Waals surface area contributed by atoms with Gasteiger partial charge in [0.05, 0.1) is 6.04 Å². The number of nitrogens with zero attached hydrogens (tertiary/aromatic N) is 2. The first kappa shape index (κ1) is 20.7. The molecule has 2 aliphatic rings. The number of fused-ring (bicyclic) bond motifs is 1. The zero-order valence-corrected chi connectivity index (χ0v) is 16.6. The molecule has 2 aliphatic heterocycles. The van der Waals surface area contributed by atoms with Crippen LogP contribution in [0, 0.1) is 11.8 Å². The van der Waals surface area contributed by atoms with Gasteiger partial charge in [-0.05, 0) is 42.2 Å². The van der Waals surface area contributed by atoms with E-state index in [-0.39, 0.29) is 17.7 Å². The molecule has 2 aromatic rings. The zero-order chi connectivity index (χ0) is 21.1. The molecule has 2 saturated heterocycles. The quantitative estimate of drug-likeness (QED) is 0.660. The third-order valence-corrected chi connectivity index (χ3v) is 6.07. The van der Waals surface area contributed by atoms with Gasteiger partial charge in [0.2, 0.25) is 0 Å². The van der Waals surface area contributed by atoms with Crippen molar-refractivity contribution in [3.05, 3.63) is 60.2 Å². The average molecular weight is 418 g/mol. The molecule has 7 heteroatoms. The summed E-state index contributed by atoms with van der Waals surface area (Å²) >= 11 is 0. The molecule has 0 amide bonds. The molecule has 0 aliphatic carbocycles. The van der Waals surface area contributed by atoms with Crippen molar-refractivity contribution in [3.63, 3.8) is 0 Å². The Morgan fingerprint density at radius 2 is 1.77 bits per heavy atom. The molecule has 4 rings (SSSR count). The van der Waals surface area contributed by atoms with Crippen LogP contribution in [0.2, 0.25) is 0 Å². The summed E-state index contributed by atoms with van der Waals surface area (Å²) in [5.41, 5.74) is 2.11. The van der Waals surface area contributed by atoms with Crippen molar-refractivity contribution >= 4 is 12.0 Å². The molecular weight excluding hydrogens is 393 g/mol. The van der Waals surface area contributed by atoms with E-state index in [1.807, 2.05) is 18.2 Å². The maximum Gasteiger partial charge on any atom is 0.422 e. The lowest BCUT2D eigenvalue weighted by atomic mass is 9.82. The van der Waals surface area contributed by atoms with Crippen LogP contribution in [0.15, 0.2) is 54.6 Å². The van der Waals surface area contributed by atoms with Gasteiger partial charge < -0.3 is 14.4 Å². The maximum atomic E-state index is 12.3. The Morgan fingerprint density at radius 1 is 1.03 bits per heavy atom. The van der Waals surface area contributed by atoms with Crippen LogP contribution in [-0.2, 0) is 11.3 Å². The fraction of sp³-hybridized carbons (Fsp3) is 0.435. The van der Waals surface area contributed by atoms with E-state index < -0.39 is 12.8 Å². The molecule has 0 bridgehead atoms. The first-order valence-electron chi connectivity index (χ1n) is 10.2. The van der Waals surface area contributed by atoms with Crippen molar-refractivity contribution < 1.29 is 22.7 Å². The number of benzene rings is 2. The number of rotatable bonds is 6. The lowest BCUT2D eigenvalue weighted by Gasteiger charge is -2.41. The van der Waals surface area contributed by atoms with Gasteiger partial charge in [0, 0.05) is 37.8 Å². The Bertz CT molecular complexity index is 842. The third kappa shape index (κ3) is 4.78. The molecule has 0 N–H and O–H groups in total. The second kappa shape index (κ2) is 8.68. The number of carbonyl (C=O) groups excluding carboxylic acids is 1. The fourth-order valence-electron chi connectivity index (χ4n) is 4.71. The van der Waals surface area contributed by atoms with Crippen molar-refractivity contribution in [2.45, 2.75) is 25.2 Å². The summed E-state index contributed by atoms with van der Waals surface area (Å²) in [4.78, 5) is 16.5. The second-order valence-electron chi connectivity index (χ2n) is 8.11. The van der Waals surface area contributed by atoms with Crippen LogP contribution < -0.4 is 9.64 Å². The van der Waals surface area contributed by atoms with E-state index in [1.54, 1.807) is 12.1 Å². The predicted octanol–water partition coefficient (Wildman–Crippen LogP) is 4.15. The Balaban J connectivity index is 1.42. The second-order valence-corrected chi connectivity index (χ2v) is 8.11. The van der Waals surface area contributed by atoms with E-state index in [2.05, 4.69) is 21.9 Å². The minimum atomic E-state index is -4.36. The molecule has 2 heterocycles. The summed E-state index contributed by atoms with van der Waals surface area (Å²) in [5.74, 6) is 0.902. The van der Waals surface area contributed by atoms with Crippen LogP contribution in [0.25, 0.3) is 0 Å². The largest absolute Gasteiger partial charge is 0.484 e. The summed E-state index contributed by atoms with van der Waals surface area (Å²) < 4.78 is 41.8. The Morgan fingerprint density at radius 3 is 2.43 bits per heavy atom. The summed E-state index contributed by atoms with van der Waals surface area (Å²) in [6.07, 6.45) is -2.35. The first-order chi connectivity index (χ1) is 14.4. The fourth-order valence-corrected chi connectivity index (χ4v) is 4.71. The van der Waals surface area contributed by atoms with Crippen molar-refractivity contribution in [2.24, 2.45) is 11.8 Å². The molecule has 160 valence electrons. The normalized spacial score (nSPS) is 24.5. The molecule has 0 aromatic heterocycles. The minimum absolute atomic E-state index is 0.170. The molecule has 3 unspecified atom stereocenters. The number of aldehydes is 1. The highest BCUT2D eigenvalue weighted by Gasteiger charge is 2.43. The van der Waals surface area contributed by atoms with E-state index in [0.29, 0.717) is 5.92 Å². The molecule has 0 radical (unpaired) electrons. The van der Waals surface area contributed by atoms with E-state index in [4.69, 9.17) is 4.74 Å². The minimum Gasteiger partial charge on any atom is -0.484 e. The van der Waals surface area contributed by atoms with E-state index in [0.717, 1.165) is 44.6 Å². The van der Waals surface area contributed by atoms with Gasteiger partial charge in [-0.25, -0.2) is 0 Å². The number of hydrogen-bond acceptors (Lipinski definition) is 4. The average Bonchev–Trinajstić information content (AvgIpc) is 3.14. The number of piperidine rings is 1. The lowest BCUT2D eigenvalue weighted by Crippen LogP contribution is -2.50. The van der Waals surface area contributed by atoms with Gasteiger partial charge in [-0.2, -0.15) is 13.2 Å². The molecule has 0 spiro atoms. The summed E-state index contributed by atoms with van der Waals surface area (Å²) in [6, 6.07) is 16.6. The molecular formula is C23H25F3N2O2. The topological polar surface area (TPSA) is 32.8 Å². The Hall–Kier alpha value is -2.54. The van der Waals surface area contributed by atoms with Gasteiger partial charge in [0.25, 0.3) is 0 Å². The lowest BCUT2D eigenvalue weighted by molar-refractivity contribution is -0.153.